The summed E-state index contributed by atoms with van der Waals surface area (Å²) in [6.45, 7) is 3.66. The fourth-order valence-electron chi connectivity index (χ4n) is 2.29. The summed E-state index contributed by atoms with van der Waals surface area (Å²) in [6.07, 6.45) is 1.37. The summed E-state index contributed by atoms with van der Waals surface area (Å²) in [5.74, 6) is -1.37. The minimum Gasteiger partial charge on any atom is -0.481 e. The van der Waals surface area contributed by atoms with E-state index >= 15 is 0 Å². The van der Waals surface area contributed by atoms with Gasteiger partial charge in [-0.05, 0) is 26.0 Å². The molecule has 0 aliphatic rings. The second-order valence-electron chi connectivity index (χ2n) is 5.66. The first kappa shape index (κ1) is 18.1. The largest absolute Gasteiger partial charge is 0.481 e. The number of aliphatic carboxylic acids is 1. The lowest BCUT2D eigenvalue weighted by molar-refractivity contribution is -0.384. The maximum absolute atomic E-state index is 12.6. The predicted octanol–water partition coefficient (Wildman–Crippen LogP) is 2.11. The van der Waals surface area contributed by atoms with Gasteiger partial charge in [-0.2, -0.15) is 5.10 Å². The second-order valence-corrected chi connectivity index (χ2v) is 5.66. The Bertz CT molecular complexity index is 799. The summed E-state index contributed by atoms with van der Waals surface area (Å²) in [5, 5.41) is 23.8. The van der Waals surface area contributed by atoms with Gasteiger partial charge >= 0.3 is 5.97 Å². The highest BCUT2D eigenvalue weighted by molar-refractivity contribution is 5.92. The van der Waals surface area contributed by atoms with E-state index < -0.39 is 10.9 Å². The number of carbonyl (C=O) groups is 2. The van der Waals surface area contributed by atoms with Crippen LogP contribution in [0.4, 0.5) is 5.69 Å². The maximum atomic E-state index is 12.6. The summed E-state index contributed by atoms with van der Waals surface area (Å²) in [6, 6.07) is 7.20. The first-order valence-corrected chi connectivity index (χ1v) is 7.63. The number of nitrogens with zero attached hydrogens (tertiary/aromatic N) is 4. The zero-order chi connectivity index (χ0) is 18.6. The zero-order valence-electron chi connectivity index (χ0n) is 13.8. The molecule has 9 heteroatoms. The lowest BCUT2D eigenvalue weighted by Crippen LogP contribution is -2.38. The Kier molecular flexibility index (Phi) is 5.48. The van der Waals surface area contributed by atoms with Crippen LogP contribution in [0, 0.1) is 10.1 Å². The van der Waals surface area contributed by atoms with Crippen molar-refractivity contribution in [3.63, 3.8) is 0 Å². The molecule has 0 fully saturated rings. The molecule has 1 heterocycles. The van der Waals surface area contributed by atoms with Crippen molar-refractivity contribution in [2.45, 2.75) is 26.3 Å². The monoisotopic (exact) mass is 346 g/mol. The molecule has 9 nitrogen and oxygen atoms in total. The SMILES string of the molecule is CC(C)N(CCC(=O)O)C(=O)c1ccn(-c2cccc([N+](=O)[O-])c2)n1. The molecule has 0 bridgehead atoms. The van der Waals surface area contributed by atoms with Crippen LogP contribution >= 0.6 is 0 Å². The fourth-order valence-corrected chi connectivity index (χ4v) is 2.29. The average Bonchev–Trinajstić information content (AvgIpc) is 3.04. The third-order valence-electron chi connectivity index (χ3n) is 3.56. The fraction of sp³-hybridized carbons (Fsp3) is 0.312. The van der Waals surface area contributed by atoms with Crippen molar-refractivity contribution in [3.05, 3.63) is 52.3 Å². The Balaban J connectivity index is 2.24. The number of carboxylic acids is 1. The molecule has 1 aromatic carbocycles. The minimum atomic E-state index is -0.986. The van der Waals surface area contributed by atoms with Crippen LogP contribution in [-0.4, -0.2) is 49.2 Å². The highest BCUT2D eigenvalue weighted by Gasteiger charge is 2.22. The molecule has 2 rings (SSSR count). The van der Waals surface area contributed by atoms with Gasteiger partial charge in [0.25, 0.3) is 11.6 Å². The average molecular weight is 346 g/mol. The van der Waals surface area contributed by atoms with Crippen molar-refractivity contribution >= 4 is 17.6 Å². The van der Waals surface area contributed by atoms with E-state index in [9.17, 15) is 19.7 Å². The molecule has 0 saturated heterocycles. The Morgan fingerprint density at radius 3 is 2.68 bits per heavy atom. The Hall–Kier alpha value is -3.23. The van der Waals surface area contributed by atoms with E-state index in [0.717, 1.165) is 0 Å². The van der Waals surface area contributed by atoms with Crippen LogP contribution in [0.25, 0.3) is 5.69 Å². The van der Waals surface area contributed by atoms with E-state index in [1.807, 2.05) is 0 Å². The van der Waals surface area contributed by atoms with E-state index in [-0.39, 0.29) is 36.3 Å². The van der Waals surface area contributed by atoms with Crippen molar-refractivity contribution in [2.24, 2.45) is 0 Å². The van der Waals surface area contributed by atoms with Gasteiger partial charge in [-0.15, -0.1) is 0 Å². The van der Waals surface area contributed by atoms with Crippen LogP contribution in [0.1, 0.15) is 30.8 Å². The van der Waals surface area contributed by atoms with Gasteiger partial charge < -0.3 is 10.0 Å². The molecular formula is C16H18N4O5. The van der Waals surface area contributed by atoms with Crippen molar-refractivity contribution < 1.29 is 19.6 Å². The molecule has 0 aliphatic carbocycles. The molecule has 0 saturated carbocycles. The summed E-state index contributed by atoms with van der Waals surface area (Å²) >= 11 is 0. The molecule has 2 aromatic rings. The van der Waals surface area contributed by atoms with Crippen LogP contribution in [0.2, 0.25) is 0 Å². The van der Waals surface area contributed by atoms with Gasteiger partial charge in [-0.25, -0.2) is 4.68 Å². The molecule has 1 N–H and O–H groups in total. The van der Waals surface area contributed by atoms with Crippen LogP contribution < -0.4 is 0 Å². The topological polar surface area (TPSA) is 119 Å². The quantitative estimate of drug-likeness (QED) is 0.606. The number of hydrogen-bond donors (Lipinski definition) is 1. The van der Waals surface area contributed by atoms with Gasteiger partial charge in [0.2, 0.25) is 0 Å². The van der Waals surface area contributed by atoms with E-state index in [4.69, 9.17) is 5.11 Å². The van der Waals surface area contributed by atoms with Gasteiger partial charge in [0.05, 0.1) is 17.0 Å². The summed E-state index contributed by atoms with van der Waals surface area (Å²) < 4.78 is 1.37. The lowest BCUT2D eigenvalue weighted by atomic mass is 10.2. The normalized spacial score (nSPS) is 10.7. The molecule has 1 aromatic heterocycles. The first-order chi connectivity index (χ1) is 11.8. The molecule has 1 amide bonds. The lowest BCUT2D eigenvalue weighted by Gasteiger charge is -2.25. The Labute approximate surface area is 143 Å². The maximum Gasteiger partial charge on any atom is 0.305 e. The molecule has 0 aliphatic heterocycles. The molecule has 25 heavy (non-hydrogen) atoms. The zero-order valence-corrected chi connectivity index (χ0v) is 13.8. The number of carbonyl (C=O) groups excluding carboxylic acids is 1. The number of non-ortho nitro benzene ring substituents is 1. The molecule has 0 atom stereocenters. The highest BCUT2D eigenvalue weighted by Crippen LogP contribution is 2.17. The smallest absolute Gasteiger partial charge is 0.305 e. The Morgan fingerprint density at radius 1 is 1.36 bits per heavy atom. The molecule has 0 spiro atoms. The summed E-state index contributed by atoms with van der Waals surface area (Å²) in [7, 11) is 0. The number of amides is 1. The predicted molar refractivity (Wildman–Crippen MR) is 88.6 cm³/mol. The molecule has 132 valence electrons. The first-order valence-electron chi connectivity index (χ1n) is 7.63. The number of carboxylic acid groups (broad SMARTS) is 1. The van der Waals surface area contributed by atoms with Gasteiger partial charge in [0.1, 0.15) is 0 Å². The molecule has 0 radical (unpaired) electrons. The number of aromatic nitrogens is 2. The van der Waals surface area contributed by atoms with Crippen LogP contribution in [0.15, 0.2) is 36.5 Å². The number of rotatable bonds is 7. The highest BCUT2D eigenvalue weighted by atomic mass is 16.6. The van der Waals surface area contributed by atoms with E-state index in [1.165, 1.54) is 40.0 Å². The van der Waals surface area contributed by atoms with Crippen LogP contribution in [0.3, 0.4) is 0 Å². The van der Waals surface area contributed by atoms with Crippen LogP contribution in [0.5, 0.6) is 0 Å². The molecule has 0 unspecified atom stereocenters. The number of nitro benzene ring substituents is 1. The van der Waals surface area contributed by atoms with Crippen molar-refractivity contribution in [1.29, 1.82) is 0 Å². The third kappa shape index (κ3) is 4.40. The van der Waals surface area contributed by atoms with Gasteiger partial charge in [0.15, 0.2) is 5.69 Å². The van der Waals surface area contributed by atoms with Gasteiger partial charge in [-0.3, -0.25) is 19.7 Å². The number of benzene rings is 1. The van der Waals surface area contributed by atoms with Crippen molar-refractivity contribution in [2.75, 3.05) is 6.54 Å². The van der Waals surface area contributed by atoms with E-state index in [2.05, 4.69) is 5.10 Å². The van der Waals surface area contributed by atoms with Gasteiger partial charge in [-0.1, -0.05) is 6.07 Å². The van der Waals surface area contributed by atoms with Crippen molar-refractivity contribution in [1.82, 2.24) is 14.7 Å². The minimum absolute atomic E-state index is 0.0776. The Morgan fingerprint density at radius 2 is 2.08 bits per heavy atom. The number of nitro groups is 1. The summed E-state index contributed by atoms with van der Waals surface area (Å²) in [5.41, 5.74) is 0.520. The number of hydrogen-bond acceptors (Lipinski definition) is 5. The second kappa shape index (κ2) is 7.56. The summed E-state index contributed by atoms with van der Waals surface area (Å²) in [4.78, 5) is 35.1. The van der Waals surface area contributed by atoms with Gasteiger partial charge in [0, 0.05) is 30.9 Å². The van der Waals surface area contributed by atoms with E-state index in [0.29, 0.717) is 5.69 Å². The van der Waals surface area contributed by atoms with E-state index in [1.54, 1.807) is 19.9 Å². The van der Waals surface area contributed by atoms with Crippen molar-refractivity contribution in [3.8, 4) is 5.69 Å². The van der Waals surface area contributed by atoms with Crippen LogP contribution in [-0.2, 0) is 4.79 Å². The molecular weight excluding hydrogens is 328 g/mol. The standard InChI is InChI=1S/C16H18N4O5/c1-11(2)18(8-7-15(21)22)16(23)14-6-9-19(17-14)12-4-3-5-13(10-12)20(24)25/h3-6,9-11H,7-8H2,1-2H3,(H,21,22). The third-order valence-corrected chi connectivity index (χ3v) is 3.56.